The zero-order chi connectivity index (χ0) is 19.5. The Morgan fingerprint density at radius 1 is 1.04 bits per heavy atom. The van der Waals surface area contributed by atoms with Gasteiger partial charge in [0.2, 0.25) is 11.8 Å². The number of ether oxygens (including phenoxy) is 1. The number of nitrogens with two attached hydrogens (primary N) is 1. The fraction of sp³-hybridized carbons (Fsp3) is 0.200. The molecule has 0 unspecified atom stereocenters. The van der Waals surface area contributed by atoms with Gasteiger partial charge in [-0.3, -0.25) is 4.79 Å². The zero-order valence-corrected chi connectivity index (χ0v) is 15.3. The smallest absolute Gasteiger partial charge is 0.321 e. The van der Waals surface area contributed by atoms with Crippen molar-refractivity contribution in [1.29, 1.82) is 0 Å². The number of hydrogen-bond donors (Lipinski definition) is 3. The van der Waals surface area contributed by atoms with E-state index < -0.39 is 5.91 Å². The van der Waals surface area contributed by atoms with E-state index >= 15 is 0 Å². The number of amides is 1. The van der Waals surface area contributed by atoms with E-state index in [1.807, 2.05) is 12.1 Å². The highest BCUT2D eigenvalue weighted by atomic mass is 16.5. The van der Waals surface area contributed by atoms with Gasteiger partial charge in [0.05, 0.1) is 18.5 Å². The number of nitrogens with one attached hydrogen (secondary N) is 2. The number of nitrogens with zero attached hydrogens (tertiary/aromatic N) is 3. The van der Waals surface area contributed by atoms with Gasteiger partial charge >= 0.3 is 6.01 Å². The predicted molar refractivity (Wildman–Crippen MR) is 106 cm³/mol. The van der Waals surface area contributed by atoms with E-state index in [9.17, 15) is 4.79 Å². The van der Waals surface area contributed by atoms with E-state index in [2.05, 4.69) is 37.7 Å². The third kappa shape index (κ3) is 3.71. The maximum atomic E-state index is 12.6. The Labute approximate surface area is 162 Å². The van der Waals surface area contributed by atoms with E-state index in [-0.39, 0.29) is 17.9 Å². The fourth-order valence-corrected chi connectivity index (χ4v) is 3.25. The van der Waals surface area contributed by atoms with Crippen LogP contribution in [0, 0.1) is 0 Å². The summed E-state index contributed by atoms with van der Waals surface area (Å²) in [5.74, 6) is -0.236. The zero-order valence-electron chi connectivity index (χ0n) is 15.3. The summed E-state index contributed by atoms with van der Waals surface area (Å²) in [5.41, 5.74) is 9.44. The molecule has 0 radical (unpaired) electrons. The van der Waals surface area contributed by atoms with E-state index in [4.69, 9.17) is 10.5 Å². The van der Waals surface area contributed by atoms with Crippen LogP contribution in [0.1, 0.15) is 21.7 Å². The lowest BCUT2D eigenvalue weighted by atomic mass is 10.1. The molecule has 28 heavy (non-hydrogen) atoms. The van der Waals surface area contributed by atoms with E-state index in [0.29, 0.717) is 17.3 Å². The molecule has 2 aromatic carbocycles. The number of para-hydroxylation sites is 2. The van der Waals surface area contributed by atoms with Crippen molar-refractivity contribution in [2.24, 2.45) is 0 Å². The molecule has 0 saturated heterocycles. The van der Waals surface area contributed by atoms with Crippen LogP contribution in [0.2, 0.25) is 0 Å². The minimum Gasteiger partial charge on any atom is -0.467 e. The van der Waals surface area contributed by atoms with Crippen LogP contribution < -0.4 is 21.1 Å². The summed E-state index contributed by atoms with van der Waals surface area (Å²) in [5, 5.41) is 6.00. The standard InChI is InChI=1S/C20H20N6O2/c1-28-20-25-17(18(27)23-16-9-5-4-8-15(16)21)24-19(26-20)22-14-10-12-6-2-3-7-13(12)11-14/h2-9,14H,10-11,21H2,1H3,(H,23,27)(H,22,24,25,26). The Bertz CT molecular complexity index is 998. The molecule has 0 spiro atoms. The summed E-state index contributed by atoms with van der Waals surface area (Å²) in [6.07, 6.45) is 1.73. The van der Waals surface area contributed by atoms with Gasteiger partial charge in [-0.1, -0.05) is 36.4 Å². The number of carbonyl (C=O) groups is 1. The number of carbonyl (C=O) groups excluding carboxylic acids is 1. The number of hydrogen-bond acceptors (Lipinski definition) is 7. The summed E-state index contributed by atoms with van der Waals surface area (Å²) in [4.78, 5) is 25.1. The molecule has 1 amide bonds. The lowest BCUT2D eigenvalue weighted by Crippen LogP contribution is -2.24. The minimum absolute atomic E-state index is 0.0480. The van der Waals surface area contributed by atoms with Crippen molar-refractivity contribution in [3.63, 3.8) is 0 Å². The van der Waals surface area contributed by atoms with Crippen LogP contribution >= 0.6 is 0 Å². The molecule has 1 aliphatic carbocycles. The molecule has 0 saturated carbocycles. The second-order valence-electron chi connectivity index (χ2n) is 6.53. The highest BCUT2D eigenvalue weighted by Crippen LogP contribution is 2.24. The quantitative estimate of drug-likeness (QED) is 0.585. The molecule has 0 bridgehead atoms. The molecular weight excluding hydrogens is 356 g/mol. The molecule has 8 nitrogen and oxygen atoms in total. The number of rotatable bonds is 5. The van der Waals surface area contributed by atoms with E-state index in [0.717, 1.165) is 12.8 Å². The third-order valence-electron chi connectivity index (χ3n) is 4.59. The van der Waals surface area contributed by atoms with Crippen LogP contribution in [0.25, 0.3) is 0 Å². The van der Waals surface area contributed by atoms with Crippen molar-refractivity contribution in [1.82, 2.24) is 15.0 Å². The Balaban J connectivity index is 1.53. The molecule has 1 aliphatic rings. The highest BCUT2D eigenvalue weighted by molar-refractivity contribution is 6.03. The molecule has 4 N–H and O–H groups in total. The van der Waals surface area contributed by atoms with Gasteiger partial charge in [-0.25, -0.2) is 0 Å². The maximum Gasteiger partial charge on any atom is 0.321 e. The lowest BCUT2D eigenvalue weighted by molar-refractivity contribution is 0.101. The van der Waals surface area contributed by atoms with E-state index in [1.165, 1.54) is 18.2 Å². The summed E-state index contributed by atoms with van der Waals surface area (Å²) in [7, 11) is 1.45. The van der Waals surface area contributed by atoms with Gasteiger partial charge in [0.25, 0.3) is 5.91 Å². The largest absolute Gasteiger partial charge is 0.467 e. The molecule has 0 atom stereocenters. The Morgan fingerprint density at radius 2 is 1.71 bits per heavy atom. The van der Waals surface area contributed by atoms with Crippen LogP contribution in [0.3, 0.4) is 0 Å². The monoisotopic (exact) mass is 376 g/mol. The van der Waals surface area contributed by atoms with Crippen molar-refractivity contribution in [3.05, 3.63) is 65.5 Å². The maximum absolute atomic E-state index is 12.6. The second-order valence-corrected chi connectivity index (χ2v) is 6.53. The van der Waals surface area contributed by atoms with Crippen LogP contribution in [-0.4, -0.2) is 34.0 Å². The number of methoxy groups -OCH3 is 1. The Hall–Kier alpha value is -3.68. The molecule has 1 heterocycles. The van der Waals surface area contributed by atoms with Gasteiger partial charge in [0.1, 0.15) is 0 Å². The van der Waals surface area contributed by atoms with Crippen molar-refractivity contribution in [3.8, 4) is 6.01 Å². The van der Waals surface area contributed by atoms with Crippen molar-refractivity contribution in [2.75, 3.05) is 23.5 Å². The topological polar surface area (TPSA) is 115 Å². The molecule has 0 aliphatic heterocycles. The van der Waals surface area contributed by atoms with Crippen LogP contribution in [0.4, 0.5) is 17.3 Å². The summed E-state index contributed by atoms with van der Waals surface area (Å²) in [6.45, 7) is 0. The minimum atomic E-state index is -0.489. The van der Waals surface area contributed by atoms with Crippen molar-refractivity contribution in [2.45, 2.75) is 18.9 Å². The Kier molecular flexibility index (Phi) is 4.76. The molecule has 0 fully saturated rings. The van der Waals surface area contributed by atoms with Gasteiger partial charge in [-0.15, -0.1) is 0 Å². The number of aromatic nitrogens is 3. The van der Waals surface area contributed by atoms with Gasteiger partial charge in [-0.05, 0) is 36.1 Å². The first-order valence-electron chi connectivity index (χ1n) is 8.91. The van der Waals surface area contributed by atoms with E-state index in [1.54, 1.807) is 24.3 Å². The van der Waals surface area contributed by atoms with Gasteiger partial charge in [0, 0.05) is 6.04 Å². The third-order valence-corrected chi connectivity index (χ3v) is 4.59. The molecule has 8 heteroatoms. The first-order chi connectivity index (χ1) is 13.6. The van der Waals surface area contributed by atoms with Gasteiger partial charge in [0.15, 0.2) is 0 Å². The number of benzene rings is 2. The Morgan fingerprint density at radius 3 is 2.39 bits per heavy atom. The van der Waals surface area contributed by atoms with Crippen molar-refractivity contribution < 1.29 is 9.53 Å². The average Bonchev–Trinajstić information content (AvgIpc) is 3.11. The normalized spacial score (nSPS) is 13.0. The summed E-state index contributed by atoms with van der Waals surface area (Å²) in [6, 6.07) is 15.5. The molecule has 1 aromatic heterocycles. The van der Waals surface area contributed by atoms with Gasteiger partial charge in [-0.2, -0.15) is 15.0 Å². The second kappa shape index (κ2) is 7.51. The fourth-order valence-electron chi connectivity index (χ4n) is 3.25. The molecule has 4 rings (SSSR count). The first kappa shape index (κ1) is 17.7. The highest BCUT2D eigenvalue weighted by Gasteiger charge is 2.23. The molecule has 3 aromatic rings. The predicted octanol–water partition coefficient (Wildman–Crippen LogP) is 2.29. The van der Waals surface area contributed by atoms with Crippen LogP contribution in [0.5, 0.6) is 6.01 Å². The molecule has 142 valence electrons. The number of fused-ring (bicyclic) bond motifs is 1. The summed E-state index contributed by atoms with van der Waals surface area (Å²) < 4.78 is 5.14. The number of nitrogen functional groups attached to an aromatic ring is 1. The lowest BCUT2D eigenvalue weighted by Gasteiger charge is -2.13. The average molecular weight is 376 g/mol. The number of anilines is 3. The van der Waals surface area contributed by atoms with Crippen molar-refractivity contribution >= 4 is 23.2 Å². The SMILES string of the molecule is COc1nc(NC2Cc3ccccc3C2)nc(C(=O)Nc2ccccc2N)n1. The van der Waals surface area contributed by atoms with Crippen LogP contribution in [-0.2, 0) is 12.8 Å². The first-order valence-corrected chi connectivity index (χ1v) is 8.91. The van der Waals surface area contributed by atoms with Gasteiger partial charge < -0.3 is 21.1 Å². The summed E-state index contributed by atoms with van der Waals surface area (Å²) >= 11 is 0. The molecular formula is C20H20N6O2. The van der Waals surface area contributed by atoms with Crippen LogP contribution in [0.15, 0.2) is 48.5 Å².